The molecule has 2 aromatic carbocycles. The van der Waals surface area contributed by atoms with Crippen molar-refractivity contribution >= 4 is 28.4 Å². The quantitative estimate of drug-likeness (QED) is 0.330. The number of carbonyl (C=O) groups is 1. The molecule has 2 aromatic heterocycles. The Labute approximate surface area is 213 Å². The zero-order chi connectivity index (χ0) is 25.4. The Kier molecular flexibility index (Phi) is 6.62. The van der Waals surface area contributed by atoms with Crippen LogP contribution in [0.3, 0.4) is 0 Å². The van der Waals surface area contributed by atoms with E-state index in [1.54, 1.807) is 9.58 Å². The number of aryl methyl sites for hydroxylation is 2. The summed E-state index contributed by atoms with van der Waals surface area (Å²) in [6, 6.07) is 10.1. The third-order valence-corrected chi connectivity index (χ3v) is 7.06. The topological polar surface area (TPSA) is 73.1 Å². The first-order valence-corrected chi connectivity index (χ1v) is 12.4. The number of para-hydroxylation sites is 1. The fourth-order valence-electron chi connectivity index (χ4n) is 4.89. The first-order valence-electron chi connectivity index (χ1n) is 12.0. The van der Waals surface area contributed by atoms with E-state index in [2.05, 4.69) is 10.1 Å². The summed E-state index contributed by atoms with van der Waals surface area (Å²) in [5.41, 5.74) is 3.71. The molecule has 0 saturated carbocycles. The number of amides is 1. The van der Waals surface area contributed by atoms with E-state index in [-0.39, 0.29) is 23.6 Å². The van der Waals surface area contributed by atoms with E-state index in [0.717, 1.165) is 35.3 Å². The van der Waals surface area contributed by atoms with Gasteiger partial charge in [0.25, 0.3) is 0 Å². The second-order valence-corrected chi connectivity index (χ2v) is 9.54. The molecule has 1 amide bonds. The van der Waals surface area contributed by atoms with Crippen LogP contribution in [0.1, 0.15) is 49.0 Å². The highest BCUT2D eigenvalue weighted by Crippen LogP contribution is 2.35. The highest BCUT2D eigenvalue weighted by atomic mass is 35.5. The van der Waals surface area contributed by atoms with E-state index in [0.29, 0.717) is 35.4 Å². The Morgan fingerprint density at radius 2 is 2.06 bits per heavy atom. The number of hydrogen-bond acceptors (Lipinski definition) is 5. The van der Waals surface area contributed by atoms with Crippen molar-refractivity contribution in [2.24, 2.45) is 7.05 Å². The number of halogens is 2. The molecule has 1 saturated heterocycles. The first-order chi connectivity index (χ1) is 17.3. The predicted molar refractivity (Wildman–Crippen MR) is 136 cm³/mol. The van der Waals surface area contributed by atoms with Crippen molar-refractivity contribution in [2.45, 2.75) is 45.8 Å². The molecule has 9 heteroatoms. The summed E-state index contributed by atoms with van der Waals surface area (Å²) < 4.78 is 22.4. The Morgan fingerprint density at radius 1 is 1.22 bits per heavy atom. The van der Waals surface area contributed by atoms with Crippen molar-refractivity contribution in [3.05, 3.63) is 70.4 Å². The predicted octanol–water partition coefficient (Wildman–Crippen LogP) is 5.78. The largest absolute Gasteiger partial charge is 0.487 e. The van der Waals surface area contributed by atoms with Crippen LogP contribution in [0.5, 0.6) is 5.75 Å². The van der Waals surface area contributed by atoms with Gasteiger partial charge in [0.1, 0.15) is 30.0 Å². The van der Waals surface area contributed by atoms with Crippen LogP contribution in [0.15, 0.2) is 42.7 Å². The Balaban J connectivity index is 1.51. The molecular formula is C27H27ClFN5O2. The van der Waals surface area contributed by atoms with Crippen LogP contribution in [0.25, 0.3) is 22.3 Å². The second kappa shape index (κ2) is 9.85. The van der Waals surface area contributed by atoms with Gasteiger partial charge in [0, 0.05) is 42.2 Å². The second-order valence-electron chi connectivity index (χ2n) is 9.14. The highest BCUT2D eigenvalue weighted by Gasteiger charge is 2.27. The maximum atomic E-state index is 14.4. The molecule has 186 valence electrons. The fraction of sp³-hybridized carbons (Fsp3) is 0.333. The van der Waals surface area contributed by atoms with Crippen LogP contribution in [-0.2, 0) is 18.4 Å². The number of hydrogen-bond donors (Lipinski definition) is 0. The van der Waals surface area contributed by atoms with Gasteiger partial charge in [0.15, 0.2) is 5.82 Å². The van der Waals surface area contributed by atoms with Gasteiger partial charge >= 0.3 is 0 Å². The lowest BCUT2D eigenvalue weighted by atomic mass is 9.98. The number of carbonyl (C=O) groups excluding carboxylic acids is 1. The highest BCUT2D eigenvalue weighted by molar-refractivity contribution is 6.31. The van der Waals surface area contributed by atoms with Crippen LogP contribution < -0.4 is 4.74 Å². The van der Waals surface area contributed by atoms with Crippen LogP contribution in [0.4, 0.5) is 4.39 Å². The maximum absolute atomic E-state index is 14.4. The number of benzene rings is 2. The number of rotatable bonds is 6. The Bertz CT molecular complexity index is 1450. The van der Waals surface area contributed by atoms with Crippen LogP contribution in [0.2, 0.25) is 5.02 Å². The molecule has 4 aromatic rings. The Hall–Kier alpha value is -3.52. The third kappa shape index (κ3) is 4.53. The van der Waals surface area contributed by atoms with Gasteiger partial charge in [-0.2, -0.15) is 5.10 Å². The standard InChI is InChI=1S/C27H27ClFN5O2/c1-16-11-21(27-30-15-31-33(27)3)19-7-6-8-24(26(19)32-16)36-14-22-20(12-18(29)13-23(22)28)17(2)34-10-5-4-9-25(34)35/h6-8,11-13,15,17H,4-5,9-10,14H2,1-3H3/t17-/m0/s1. The van der Waals surface area contributed by atoms with Gasteiger partial charge in [0.05, 0.1) is 11.1 Å². The number of likely N-dealkylation sites (tertiary alicyclic amines) is 1. The smallest absolute Gasteiger partial charge is 0.223 e. The fourth-order valence-corrected chi connectivity index (χ4v) is 5.16. The number of piperidine rings is 1. The molecule has 1 fully saturated rings. The molecule has 1 aliphatic heterocycles. The van der Waals surface area contributed by atoms with Crippen molar-refractivity contribution < 1.29 is 13.9 Å². The van der Waals surface area contributed by atoms with Gasteiger partial charge in [0.2, 0.25) is 5.91 Å². The minimum Gasteiger partial charge on any atom is -0.487 e. The summed E-state index contributed by atoms with van der Waals surface area (Å²) in [5, 5.41) is 5.35. The molecular weight excluding hydrogens is 481 g/mol. The molecule has 1 atom stereocenters. The van der Waals surface area contributed by atoms with Crippen LogP contribution in [0, 0.1) is 12.7 Å². The molecule has 7 nitrogen and oxygen atoms in total. The number of fused-ring (bicyclic) bond motifs is 1. The molecule has 0 radical (unpaired) electrons. The van der Waals surface area contributed by atoms with Gasteiger partial charge in [-0.3, -0.25) is 4.79 Å². The van der Waals surface area contributed by atoms with E-state index in [9.17, 15) is 9.18 Å². The van der Waals surface area contributed by atoms with Crippen molar-refractivity contribution in [3.8, 4) is 17.1 Å². The average molecular weight is 508 g/mol. The number of aromatic nitrogens is 4. The molecule has 1 aliphatic rings. The molecule has 0 bridgehead atoms. The number of ether oxygens (including phenoxy) is 1. The maximum Gasteiger partial charge on any atom is 0.223 e. The molecule has 0 spiro atoms. The Morgan fingerprint density at radius 3 is 2.81 bits per heavy atom. The summed E-state index contributed by atoms with van der Waals surface area (Å²) >= 11 is 6.52. The molecule has 0 aliphatic carbocycles. The van der Waals surface area contributed by atoms with Gasteiger partial charge in [-0.1, -0.05) is 23.7 Å². The lowest BCUT2D eigenvalue weighted by Crippen LogP contribution is -2.37. The molecule has 0 N–H and O–H groups in total. The normalized spacial score (nSPS) is 14.9. The zero-order valence-electron chi connectivity index (χ0n) is 20.5. The van der Waals surface area contributed by atoms with Crippen molar-refractivity contribution in [1.82, 2.24) is 24.6 Å². The summed E-state index contributed by atoms with van der Waals surface area (Å²) in [4.78, 5) is 23.5. The molecule has 0 unspecified atom stereocenters. The summed E-state index contributed by atoms with van der Waals surface area (Å²) in [6.07, 6.45) is 3.84. The minimum absolute atomic E-state index is 0.0750. The van der Waals surface area contributed by atoms with E-state index in [4.69, 9.17) is 21.3 Å². The van der Waals surface area contributed by atoms with E-state index in [1.165, 1.54) is 18.5 Å². The average Bonchev–Trinajstić information content (AvgIpc) is 3.28. The summed E-state index contributed by atoms with van der Waals surface area (Å²) in [7, 11) is 1.84. The summed E-state index contributed by atoms with van der Waals surface area (Å²) in [6.45, 7) is 4.58. The first kappa shape index (κ1) is 24.2. The monoisotopic (exact) mass is 507 g/mol. The lowest BCUT2D eigenvalue weighted by molar-refractivity contribution is -0.135. The van der Waals surface area contributed by atoms with Crippen LogP contribution in [-0.4, -0.2) is 37.1 Å². The van der Waals surface area contributed by atoms with E-state index >= 15 is 0 Å². The SMILES string of the molecule is Cc1cc(-c2ncnn2C)c2cccc(OCc3c(Cl)cc(F)cc3[C@H](C)N3CCCCC3=O)c2n1. The zero-order valence-corrected chi connectivity index (χ0v) is 21.2. The minimum atomic E-state index is -0.439. The van der Waals surface area contributed by atoms with Gasteiger partial charge < -0.3 is 9.64 Å². The van der Waals surface area contributed by atoms with Gasteiger partial charge in [-0.05, 0) is 56.5 Å². The van der Waals surface area contributed by atoms with Crippen molar-refractivity contribution in [1.29, 1.82) is 0 Å². The lowest BCUT2D eigenvalue weighted by Gasteiger charge is -2.34. The van der Waals surface area contributed by atoms with Crippen molar-refractivity contribution in [3.63, 3.8) is 0 Å². The molecule has 36 heavy (non-hydrogen) atoms. The van der Waals surface area contributed by atoms with Gasteiger partial charge in [-0.25, -0.2) is 19.0 Å². The number of nitrogens with zero attached hydrogens (tertiary/aromatic N) is 5. The molecule has 3 heterocycles. The van der Waals surface area contributed by atoms with E-state index < -0.39 is 5.82 Å². The summed E-state index contributed by atoms with van der Waals surface area (Å²) in [5.74, 6) is 0.941. The van der Waals surface area contributed by atoms with E-state index in [1.807, 2.05) is 45.2 Å². The molecule has 5 rings (SSSR count). The third-order valence-electron chi connectivity index (χ3n) is 6.73. The number of pyridine rings is 1. The van der Waals surface area contributed by atoms with Crippen LogP contribution >= 0.6 is 11.6 Å². The van der Waals surface area contributed by atoms with Gasteiger partial charge in [-0.15, -0.1) is 0 Å². The van der Waals surface area contributed by atoms with Crippen molar-refractivity contribution in [2.75, 3.05) is 6.54 Å².